The van der Waals surface area contributed by atoms with Crippen molar-refractivity contribution in [3.8, 4) is 0 Å². The Hall–Kier alpha value is -1.26. The predicted molar refractivity (Wildman–Crippen MR) is 63.9 cm³/mol. The first-order chi connectivity index (χ1) is 7.50. The van der Waals surface area contributed by atoms with Gasteiger partial charge in [0.05, 0.1) is 10.7 Å². The molecule has 1 unspecified atom stereocenters. The standard InChI is InChI=1S/C10H10Cl2N2O2/c1-6(11)9(15)14-10(16)13-8-5-3-2-4-7(8)12/h2-6H,1H3,(H2,13,14,15,16). The van der Waals surface area contributed by atoms with Crippen LogP contribution in [-0.4, -0.2) is 17.3 Å². The molecule has 1 atom stereocenters. The summed E-state index contributed by atoms with van der Waals surface area (Å²) in [6.07, 6.45) is 0. The smallest absolute Gasteiger partial charge is 0.306 e. The fraction of sp³-hybridized carbons (Fsp3) is 0.200. The summed E-state index contributed by atoms with van der Waals surface area (Å²) in [4.78, 5) is 22.4. The van der Waals surface area contributed by atoms with Gasteiger partial charge in [0.25, 0.3) is 0 Å². The average molecular weight is 261 g/mol. The Labute approximate surface area is 103 Å². The molecule has 0 fully saturated rings. The second kappa shape index (κ2) is 5.72. The van der Waals surface area contributed by atoms with Gasteiger partial charge in [-0.2, -0.15) is 0 Å². The molecule has 0 aliphatic heterocycles. The van der Waals surface area contributed by atoms with Gasteiger partial charge < -0.3 is 5.32 Å². The maximum atomic E-state index is 11.3. The summed E-state index contributed by atoms with van der Waals surface area (Å²) < 4.78 is 0. The van der Waals surface area contributed by atoms with Crippen LogP contribution < -0.4 is 10.6 Å². The van der Waals surface area contributed by atoms with Gasteiger partial charge in [0.2, 0.25) is 5.91 Å². The molecule has 6 heteroatoms. The van der Waals surface area contributed by atoms with Crippen molar-refractivity contribution < 1.29 is 9.59 Å². The third-order valence-corrected chi connectivity index (χ3v) is 2.25. The minimum absolute atomic E-state index is 0.393. The van der Waals surface area contributed by atoms with E-state index in [4.69, 9.17) is 23.2 Å². The number of para-hydroxylation sites is 1. The number of halogens is 2. The normalized spacial score (nSPS) is 11.7. The van der Waals surface area contributed by atoms with Crippen LogP contribution >= 0.6 is 23.2 Å². The average Bonchev–Trinajstić information content (AvgIpc) is 2.21. The molecule has 0 saturated heterocycles. The monoisotopic (exact) mass is 260 g/mol. The molecule has 1 rings (SSSR count). The largest absolute Gasteiger partial charge is 0.325 e. The molecule has 1 aromatic rings. The number of hydrogen-bond donors (Lipinski definition) is 2. The number of imide groups is 1. The highest BCUT2D eigenvalue weighted by molar-refractivity contribution is 6.34. The maximum absolute atomic E-state index is 11.3. The van der Waals surface area contributed by atoms with Gasteiger partial charge >= 0.3 is 6.03 Å². The van der Waals surface area contributed by atoms with Gasteiger partial charge in [-0.05, 0) is 19.1 Å². The van der Waals surface area contributed by atoms with E-state index in [-0.39, 0.29) is 0 Å². The number of hydrogen-bond acceptors (Lipinski definition) is 2. The molecule has 0 bridgehead atoms. The molecule has 0 aliphatic carbocycles. The lowest BCUT2D eigenvalue weighted by Crippen LogP contribution is -2.38. The number of carbonyl (C=O) groups excluding carboxylic acids is 2. The van der Waals surface area contributed by atoms with Crippen LogP contribution in [0.2, 0.25) is 5.02 Å². The number of alkyl halides is 1. The molecular weight excluding hydrogens is 251 g/mol. The minimum Gasteiger partial charge on any atom is -0.306 e. The van der Waals surface area contributed by atoms with E-state index in [9.17, 15) is 9.59 Å². The van der Waals surface area contributed by atoms with E-state index >= 15 is 0 Å². The molecule has 0 heterocycles. The first-order valence-electron chi connectivity index (χ1n) is 4.51. The van der Waals surface area contributed by atoms with E-state index < -0.39 is 17.3 Å². The molecule has 0 spiro atoms. The lowest BCUT2D eigenvalue weighted by Gasteiger charge is -2.08. The van der Waals surface area contributed by atoms with Crippen molar-refractivity contribution in [1.29, 1.82) is 0 Å². The Morgan fingerprint density at radius 1 is 1.31 bits per heavy atom. The Morgan fingerprint density at radius 2 is 1.94 bits per heavy atom. The number of nitrogens with one attached hydrogen (secondary N) is 2. The van der Waals surface area contributed by atoms with Crippen molar-refractivity contribution in [2.75, 3.05) is 5.32 Å². The maximum Gasteiger partial charge on any atom is 0.325 e. The molecule has 86 valence electrons. The molecule has 1 aromatic carbocycles. The van der Waals surface area contributed by atoms with Crippen molar-refractivity contribution in [1.82, 2.24) is 5.32 Å². The van der Waals surface area contributed by atoms with Gasteiger partial charge in [-0.25, -0.2) is 4.79 Å². The number of carbonyl (C=O) groups is 2. The van der Waals surface area contributed by atoms with E-state index in [1.54, 1.807) is 24.3 Å². The number of amides is 3. The lowest BCUT2D eigenvalue weighted by molar-refractivity contribution is -0.119. The molecule has 0 aliphatic rings. The van der Waals surface area contributed by atoms with Gasteiger partial charge in [-0.3, -0.25) is 10.1 Å². The lowest BCUT2D eigenvalue weighted by atomic mass is 10.3. The van der Waals surface area contributed by atoms with Gasteiger partial charge in [0.15, 0.2) is 0 Å². The second-order valence-corrected chi connectivity index (χ2v) is 4.10. The van der Waals surface area contributed by atoms with Crippen LogP contribution in [0.3, 0.4) is 0 Å². The predicted octanol–water partition coefficient (Wildman–Crippen LogP) is 2.62. The zero-order valence-electron chi connectivity index (χ0n) is 8.46. The van der Waals surface area contributed by atoms with Crippen molar-refractivity contribution in [3.05, 3.63) is 29.3 Å². The van der Waals surface area contributed by atoms with E-state index in [1.165, 1.54) is 6.92 Å². The van der Waals surface area contributed by atoms with E-state index in [2.05, 4.69) is 10.6 Å². The Bertz CT molecular complexity index is 408. The number of urea groups is 1. The minimum atomic E-state index is -0.767. The van der Waals surface area contributed by atoms with Gasteiger partial charge in [-0.1, -0.05) is 23.7 Å². The van der Waals surface area contributed by atoms with Gasteiger partial charge in [0.1, 0.15) is 5.38 Å². The SMILES string of the molecule is CC(Cl)C(=O)NC(=O)Nc1ccccc1Cl. The third kappa shape index (κ3) is 3.72. The Morgan fingerprint density at radius 3 is 2.50 bits per heavy atom. The van der Waals surface area contributed by atoms with Crippen LogP contribution in [0.4, 0.5) is 10.5 Å². The van der Waals surface area contributed by atoms with Crippen LogP contribution in [0.1, 0.15) is 6.92 Å². The summed E-state index contributed by atoms with van der Waals surface area (Å²) in [7, 11) is 0. The van der Waals surface area contributed by atoms with Crippen LogP contribution in [0.15, 0.2) is 24.3 Å². The van der Waals surface area contributed by atoms with Crippen LogP contribution in [0, 0.1) is 0 Å². The number of benzene rings is 1. The highest BCUT2D eigenvalue weighted by Gasteiger charge is 2.13. The number of anilines is 1. The topological polar surface area (TPSA) is 58.2 Å². The van der Waals surface area contributed by atoms with E-state index in [0.29, 0.717) is 10.7 Å². The molecule has 2 N–H and O–H groups in total. The van der Waals surface area contributed by atoms with Crippen LogP contribution in [0.5, 0.6) is 0 Å². The summed E-state index contributed by atoms with van der Waals surface area (Å²) in [5.74, 6) is -0.564. The fourth-order valence-corrected chi connectivity index (χ4v) is 1.17. The molecule has 16 heavy (non-hydrogen) atoms. The second-order valence-electron chi connectivity index (χ2n) is 3.04. The summed E-state index contributed by atoms with van der Waals surface area (Å²) in [5.41, 5.74) is 0.427. The first-order valence-corrected chi connectivity index (χ1v) is 5.32. The summed E-state index contributed by atoms with van der Waals surface area (Å²) in [6.45, 7) is 1.47. The quantitative estimate of drug-likeness (QED) is 0.804. The van der Waals surface area contributed by atoms with Crippen molar-refractivity contribution in [3.63, 3.8) is 0 Å². The molecular formula is C10H10Cl2N2O2. The zero-order valence-corrected chi connectivity index (χ0v) is 9.97. The van der Waals surface area contributed by atoms with Crippen molar-refractivity contribution in [2.45, 2.75) is 12.3 Å². The molecule has 0 saturated carbocycles. The molecule has 0 radical (unpaired) electrons. The van der Waals surface area contributed by atoms with E-state index in [1.807, 2.05) is 0 Å². The highest BCUT2D eigenvalue weighted by atomic mass is 35.5. The molecule has 3 amide bonds. The zero-order chi connectivity index (χ0) is 12.1. The van der Waals surface area contributed by atoms with Crippen molar-refractivity contribution >= 4 is 40.8 Å². The van der Waals surface area contributed by atoms with Crippen LogP contribution in [0.25, 0.3) is 0 Å². The fourth-order valence-electron chi connectivity index (χ4n) is 0.927. The summed E-state index contributed by atoms with van der Waals surface area (Å²) in [6, 6.07) is 6.04. The van der Waals surface area contributed by atoms with E-state index in [0.717, 1.165) is 0 Å². The molecule has 4 nitrogen and oxygen atoms in total. The summed E-state index contributed by atoms with van der Waals surface area (Å²) in [5, 5.41) is 4.14. The Balaban J connectivity index is 2.59. The third-order valence-electron chi connectivity index (χ3n) is 1.72. The molecule has 0 aromatic heterocycles. The van der Waals surface area contributed by atoms with Crippen LogP contribution in [-0.2, 0) is 4.79 Å². The van der Waals surface area contributed by atoms with Gasteiger partial charge in [-0.15, -0.1) is 11.6 Å². The first kappa shape index (κ1) is 12.8. The number of rotatable bonds is 2. The Kier molecular flexibility index (Phi) is 4.58. The summed E-state index contributed by atoms with van der Waals surface area (Å²) >= 11 is 11.3. The highest BCUT2D eigenvalue weighted by Crippen LogP contribution is 2.19. The van der Waals surface area contributed by atoms with Crippen molar-refractivity contribution in [2.24, 2.45) is 0 Å². The van der Waals surface area contributed by atoms with Gasteiger partial charge in [0, 0.05) is 0 Å².